The largest absolute Gasteiger partial charge is 0.508 e. The van der Waals surface area contributed by atoms with Crippen LogP contribution in [0.1, 0.15) is 52.2 Å². The summed E-state index contributed by atoms with van der Waals surface area (Å²) in [6.07, 6.45) is 0.718. The van der Waals surface area contributed by atoms with Crippen LogP contribution in [0.3, 0.4) is 0 Å². The summed E-state index contributed by atoms with van der Waals surface area (Å²) in [6, 6.07) is 5.70. The third-order valence-corrected chi connectivity index (χ3v) is 6.71. The number of hydrogen-bond acceptors (Lipinski definition) is 7. The average molecular weight is 444 g/mol. The Morgan fingerprint density at radius 3 is 2.35 bits per heavy atom. The number of aryl methyl sites for hydroxylation is 2. The van der Waals surface area contributed by atoms with Crippen LogP contribution in [0.4, 0.5) is 0 Å². The van der Waals surface area contributed by atoms with E-state index >= 15 is 0 Å². The lowest BCUT2D eigenvalue weighted by Crippen LogP contribution is -2.34. The molecule has 0 radical (unpaired) electrons. The molecule has 1 atom stereocenters. The Hall–Kier alpha value is -2.71. The number of aliphatic hydroxyl groups is 1. The summed E-state index contributed by atoms with van der Waals surface area (Å²) in [5.74, 6) is -1.33. The van der Waals surface area contributed by atoms with Gasteiger partial charge in [-0.15, -0.1) is 11.3 Å². The highest BCUT2D eigenvalue weighted by Gasteiger charge is 2.44. The molecule has 7 nitrogen and oxygen atoms in total. The number of carbonyl (C=O) groups excluding carboxylic acids is 2. The van der Waals surface area contributed by atoms with E-state index in [1.54, 1.807) is 24.0 Å². The van der Waals surface area contributed by atoms with Gasteiger partial charge in [-0.2, -0.15) is 0 Å². The molecular formula is C23H29N3O4S. The van der Waals surface area contributed by atoms with Crippen molar-refractivity contribution in [2.45, 2.75) is 40.2 Å². The minimum absolute atomic E-state index is 0.0743. The second-order valence-electron chi connectivity index (χ2n) is 7.61. The van der Waals surface area contributed by atoms with Crippen molar-refractivity contribution in [2.75, 3.05) is 26.2 Å². The van der Waals surface area contributed by atoms with Gasteiger partial charge in [0.05, 0.1) is 27.2 Å². The number of aliphatic hydroxyl groups excluding tert-OH is 1. The minimum atomic E-state index is -0.709. The van der Waals surface area contributed by atoms with Crippen LogP contribution in [0.5, 0.6) is 5.75 Å². The van der Waals surface area contributed by atoms with Crippen LogP contribution in [-0.4, -0.2) is 62.9 Å². The molecular weight excluding hydrogens is 414 g/mol. The first-order valence-electron chi connectivity index (χ1n) is 10.5. The standard InChI is InChI=1S/C23H29N3O4S/c1-5-25(6-2)12-7-13-26-19(16-8-10-17(27)11-9-16)18(21(29)23(26)30)20(28)22-14(3)24-15(4)31-22/h8-11,19,27,29H,5-7,12-13H2,1-4H3. The highest BCUT2D eigenvalue weighted by atomic mass is 32.1. The molecule has 0 saturated carbocycles. The highest BCUT2D eigenvalue weighted by Crippen LogP contribution is 2.40. The Kier molecular flexibility index (Phi) is 7.12. The van der Waals surface area contributed by atoms with Gasteiger partial charge in [0.1, 0.15) is 5.75 Å². The molecule has 8 heteroatoms. The Morgan fingerprint density at radius 2 is 1.81 bits per heavy atom. The van der Waals surface area contributed by atoms with Crippen molar-refractivity contribution in [3.05, 3.63) is 56.7 Å². The predicted octanol–water partition coefficient (Wildman–Crippen LogP) is 3.78. The Balaban J connectivity index is 1.97. The van der Waals surface area contributed by atoms with Crippen molar-refractivity contribution >= 4 is 23.0 Å². The zero-order valence-electron chi connectivity index (χ0n) is 18.4. The molecule has 0 spiro atoms. The van der Waals surface area contributed by atoms with Gasteiger partial charge in [0.25, 0.3) is 5.91 Å². The molecule has 2 heterocycles. The van der Waals surface area contributed by atoms with Gasteiger partial charge in [0.2, 0.25) is 5.78 Å². The molecule has 1 aromatic carbocycles. The number of aromatic nitrogens is 1. The molecule has 0 saturated heterocycles. The molecule has 1 unspecified atom stereocenters. The average Bonchev–Trinajstić information content (AvgIpc) is 3.21. The third-order valence-electron chi connectivity index (χ3n) is 5.63. The summed E-state index contributed by atoms with van der Waals surface area (Å²) < 4.78 is 0. The van der Waals surface area contributed by atoms with E-state index in [1.165, 1.54) is 23.5 Å². The molecule has 31 heavy (non-hydrogen) atoms. The number of nitrogens with zero attached hydrogens (tertiary/aromatic N) is 3. The van der Waals surface area contributed by atoms with Gasteiger partial charge in [-0.1, -0.05) is 26.0 Å². The summed E-state index contributed by atoms with van der Waals surface area (Å²) in [6.45, 7) is 10.8. The number of phenolic OH excluding ortho intramolecular Hbond substituents is 1. The maximum atomic E-state index is 13.4. The van der Waals surface area contributed by atoms with Gasteiger partial charge >= 0.3 is 0 Å². The van der Waals surface area contributed by atoms with Crippen molar-refractivity contribution in [1.29, 1.82) is 0 Å². The van der Waals surface area contributed by atoms with E-state index in [0.29, 0.717) is 22.7 Å². The van der Waals surface area contributed by atoms with Crippen LogP contribution in [0.25, 0.3) is 0 Å². The fourth-order valence-corrected chi connectivity index (χ4v) is 4.86. The molecule has 2 aromatic rings. The smallest absolute Gasteiger partial charge is 0.290 e. The molecule has 0 aliphatic carbocycles. The number of Topliss-reactive ketones (excluding diaryl/α,β-unsaturated/α-hetero) is 1. The summed E-state index contributed by atoms with van der Waals surface area (Å²) in [5.41, 5.74) is 1.33. The number of carbonyl (C=O) groups is 2. The second kappa shape index (κ2) is 9.62. The van der Waals surface area contributed by atoms with Crippen LogP contribution in [0.2, 0.25) is 0 Å². The Labute approximate surface area is 186 Å². The van der Waals surface area contributed by atoms with E-state index in [0.717, 1.165) is 31.1 Å². The number of rotatable bonds is 9. The summed E-state index contributed by atoms with van der Waals surface area (Å²) >= 11 is 1.26. The zero-order chi connectivity index (χ0) is 22.7. The number of aromatic hydroxyl groups is 1. The summed E-state index contributed by atoms with van der Waals surface area (Å²) in [5, 5.41) is 21.2. The van der Waals surface area contributed by atoms with Crippen LogP contribution >= 0.6 is 11.3 Å². The van der Waals surface area contributed by atoms with E-state index < -0.39 is 17.7 Å². The van der Waals surface area contributed by atoms with Gasteiger partial charge < -0.3 is 20.0 Å². The van der Waals surface area contributed by atoms with Gasteiger partial charge in [0.15, 0.2) is 5.76 Å². The van der Waals surface area contributed by atoms with Crippen molar-refractivity contribution < 1.29 is 19.8 Å². The molecule has 1 aliphatic rings. The van der Waals surface area contributed by atoms with E-state index in [-0.39, 0.29) is 17.1 Å². The number of ketones is 1. The first kappa shape index (κ1) is 23.0. The Morgan fingerprint density at radius 1 is 1.16 bits per heavy atom. The van der Waals surface area contributed by atoms with Crippen LogP contribution in [0, 0.1) is 13.8 Å². The number of benzene rings is 1. The SMILES string of the molecule is CCN(CC)CCCN1C(=O)C(O)=C(C(=O)c2sc(C)nc2C)C1c1ccc(O)cc1. The summed E-state index contributed by atoms with van der Waals surface area (Å²) in [4.78, 5) is 35.0. The third kappa shape index (κ3) is 4.65. The van der Waals surface area contributed by atoms with E-state index in [1.807, 2.05) is 6.92 Å². The molecule has 1 amide bonds. The molecule has 3 rings (SSSR count). The lowest BCUT2D eigenvalue weighted by Gasteiger charge is -2.28. The van der Waals surface area contributed by atoms with Gasteiger partial charge in [-0.25, -0.2) is 4.98 Å². The van der Waals surface area contributed by atoms with Crippen molar-refractivity contribution in [2.24, 2.45) is 0 Å². The lowest BCUT2D eigenvalue weighted by molar-refractivity contribution is -0.129. The number of hydrogen-bond donors (Lipinski definition) is 2. The quantitative estimate of drug-likeness (QED) is 0.573. The monoisotopic (exact) mass is 443 g/mol. The topological polar surface area (TPSA) is 94.0 Å². The first-order valence-corrected chi connectivity index (χ1v) is 11.3. The first-order chi connectivity index (χ1) is 14.8. The van der Waals surface area contributed by atoms with Crippen molar-refractivity contribution in [3.63, 3.8) is 0 Å². The van der Waals surface area contributed by atoms with Crippen molar-refractivity contribution in [1.82, 2.24) is 14.8 Å². The zero-order valence-corrected chi connectivity index (χ0v) is 19.2. The van der Waals surface area contributed by atoms with E-state index in [9.17, 15) is 19.8 Å². The van der Waals surface area contributed by atoms with E-state index in [2.05, 4.69) is 23.7 Å². The van der Waals surface area contributed by atoms with Gasteiger partial charge in [0, 0.05) is 6.54 Å². The maximum Gasteiger partial charge on any atom is 0.290 e. The molecule has 0 fully saturated rings. The van der Waals surface area contributed by atoms with E-state index in [4.69, 9.17) is 0 Å². The minimum Gasteiger partial charge on any atom is -0.508 e. The number of amides is 1. The predicted molar refractivity (Wildman–Crippen MR) is 121 cm³/mol. The molecule has 0 bridgehead atoms. The normalized spacial score (nSPS) is 16.6. The second-order valence-corrected chi connectivity index (χ2v) is 8.82. The Bertz CT molecular complexity index is 993. The molecule has 166 valence electrons. The maximum absolute atomic E-state index is 13.4. The summed E-state index contributed by atoms with van der Waals surface area (Å²) in [7, 11) is 0. The molecule has 1 aromatic heterocycles. The lowest BCUT2D eigenvalue weighted by atomic mass is 9.95. The number of thiazole rings is 1. The fraction of sp³-hybridized carbons (Fsp3) is 0.435. The van der Waals surface area contributed by atoms with Crippen LogP contribution < -0.4 is 0 Å². The van der Waals surface area contributed by atoms with Crippen LogP contribution in [-0.2, 0) is 4.79 Å². The van der Waals surface area contributed by atoms with Crippen LogP contribution in [0.15, 0.2) is 35.6 Å². The van der Waals surface area contributed by atoms with Gasteiger partial charge in [-0.3, -0.25) is 9.59 Å². The highest BCUT2D eigenvalue weighted by molar-refractivity contribution is 7.14. The fourth-order valence-electron chi connectivity index (χ4n) is 3.99. The van der Waals surface area contributed by atoms with Crippen molar-refractivity contribution in [3.8, 4) is 5.75 Å². The molecule has 2 N–H and O–H groups in total. The molecule has 1 aliphatic heterocycles. The van der Waals surface area contributed by atoms with Gasteiger partial charge in [-0.05, 0) is 57.6 Å². The number of phenols is 1.